The van der Waals surface area contributed by atoms with Gasteiger partial charge < -0.3 is 14.2 Å². The standard InChI is InChI=1S/C20H18BrN3O3/c1-14(25)23-8-10-24(11-9-23)20(26)16(13-22)12-18-6-7-19(27-18)15-2-4-17(21)5-3-15/h2-7,12H,8-11H2,1H3/b16-12-. The number of amides is 2. The fraction of sp³-hybridized carbons (Fsp3) is 0.250. The molecule has 138 valence electrons. The van der Waals surface area contributed by atoms with Gasteiger partial charge in [-0.2, -0.15) is 5.26 Å². The van der Waals surface area contributed by atoms with Crippen molar-refractivity contribution in [3.8, 4) is 17.4 Å². The predicted molar refractivity (Wildman–Crippen MR) is 104 cm³/mol. The summed E-state index contributed by atoms with van der Waals surface area (Å²) in [6, 6.07) is 13.2. The molecule has 0 radical (unpaired) electrons. The Hall–Kier alpha value is -2.85. The van der Waals surface area contributed by atoms with Crippen molar-refractivity contribution >= 4 is 33.8 Å². The Balaban J connectivity index is 1.73. The number of piperazine rings is 1. The molecule has 1 aliphatic rings. The summed E-state index contributed by atoms with van der Waals surface area (Å²) >= 11 is 3.39. The van der Waals surface area contributed by atoms with Crippen molar-refractivity contribution in [2.24, 2.45) is 0 Å². The Morgan fingerprint density at radius 2 is 1.70 bits per heavy atom. The van der Waals surface area contributed by atoms with Gasteiger partial charge in [0, 0.05) is 49.2 Å². The Morgan fingerprint density at radius 1 is 1.07 bits per heavy atom. The number of halogens is 1. The number of nitrogens with zero attached hydrogens (tertiary/aromatic N) is 3. The van der Waals surface area contributed by atoms with E-state index in [1.165, 1.54) is 13.0 Å². The van der Waals surface area contributed by atoms with Crippen molar-refractivity contribution in [3.05, 3.63) is 52.2 Å². The second-order valence-corrected chi connectivity index (χ2v) is 7.09. The zero-order valence-electron chi connectivity index (χ0n) is 14.8. The van der Waals surface area contributed by atoms with Gasteiger partial charge in [-0.25, -0.2) is 0 Å². The first kappa shape index (κ1) is 18.9. The van der Waals surface area contributed by atoms with Gasteiger partial charge in [0.15, 0.2) is 0 Å². The first-order valence-corrected chi connectivity index (χ1v) is 9.29. The highest BCUT2D eigenvalue weighted by Crippen LogP contribution is 2.25. The van der Waals surface area contributed by atoms with Crippen molar-refractivity contribution in [1.29, 1.82) is 5.26 Å². The molecule has 1 saturated heterocycles. The van der Waals surface area contributed by atoms with E-state index in [0.717, 1.165) is 10.0 Å². The third kappa shape index (κ3) is 4.47. The van der Waals surface area contributed by atoms with E-state index in [9.17, 15) is 14.9 Å². The molecule has 2 amide bonds. The average Bonchev–Trinajstić information content (AvgIpc) is 3.15. The minimum absolute atomic E-state index is 0.00537. The van der Waals surface area contributed by atoms with E-state index in [0.29, 0.717) is 37.7 Å². The summed E-state index contributed by atoms with van der Waals surface area (Å²) < 4.78 is 6.73. The summed E-state index contributed by atoms with van der Waals surface area (Å²) in [6.07, 6.45) is 1.46. The van der Waals surface area contributed by atoms with Crippen molar-refractivity contribution < 1.29 is 14.0 Å². The quantitative estimate of drug-likeness (QED) is 0.555. The molecule has 1 fully saturated rings. The van der Waals surface area contributed by atoms with Gasteiger partial charge in [0.2, 0.25) is 5.91 Å². The molecule has 0 N–H and O–H groups in total. The molecule has 0 saturated carbocycles. The van der Waals surface area contributed by atoms with Crippen molar-refractivity contribution in [2.75, 3.05) is 26.2 Å². The molecule has 0 aliphatic carbocycles. The van der Waals surface area contributed by atoms with Gasteiger partial charge >= 0.3 is 0 Å². The minimum atomic E-state index is -0.345. The van der Waals surface area contributed by atoms with Crippen LogP contribution in [-0.2, 0) is 9.59 Å². The van der Waals surface area contributed by atoms with Crippen LogP contribution in [0.4, 0.5) is 0 Å². The molecule has 0 bridgehead atoms. The van der Waals surface area contributed by atoms with Crippen molar-refractivity contribution in [2.45, 2.75) is 6.92 Å². The third-order valence-electron chi connectivity index (χ3n) is 4.41. The summed E-state index contributed by atoms with van der Waals surface area (Å²) in [5.41, 5.74) is 0.922. The lowest BCUT2D eigenvalue weighted by Gasteiger charge is -2.34. The van der Waals surface area contributed by atoms with Crippen LogP contribution in [0.3, 0.4) is 0 Å². The Labute approximate surface area is 165 Å². The monoisotopic (exact) mass is 427 g/mol. The van der Waals surface area contributed by atoms with Crippen LogP contribution in [0.5, 0.6) is 0 Å². The topological polar surface area (TPSA) is 77.5 Å². The number of nitriles is 1. The van der Waals surface area contributed by atoms with Gasteiger partial charge in [-0.3, -0.25) is 9.59 Å². The first-order chi connectivity index (χ1) is 13.0. The van der Waals surface area contributed by atoms with Gasteiger partial charge in [0.25, 0.3) is 5.91 Å². The first-order valence-electron chi connectivity index (χ1n) is 8.50. The summed E-state index contributed by atoms with van der Waals surface area (Å²) in [5, 5.41) is 9.41. The van der Waals surface area contributed by atoms with E-state index >= 15 is 0 Å². The van der Waals surface area contributed by atoms with Crippen LogP contribution in [0.1, 0.15) is 12.7 Å². The smallest absolute Gasteiger partial charge is 0.264 e. The number of hydrogen-bond acceptors (Lipinski definition) is 4. The summed E-state index contributed by atoms with van der Waals surface area (Å²) in [5.74, 6) is 0.755. The van der Waals surface area contributed by atoms with E-state index < -0.39 is 0 Å². The summed E-state index contributed by atoms with van der Waals surface area (Å²) in [7, 11) is 0. The number of carbonyl (C=O) groups excluding carboxylic acids is 2. The molecule has 6 nitrogen and oxygen atoms in total. The highest BCUT2D eigenvalue weighted by atomic mass is 79.9. The number of hydrogen-bond donors (Lipinski definition) is 0. The van der Waals surface area contributed by atoms with Crippen LogP contribution in [-0.4, -0.2) is 47.8 Å². The highest BCUT2D eigenvalue weighted by molar-refractivity contribution is 9.10. The zero-order chi connectivity index (χ0) is 19.4. The second-order valence-electron chi connectivity index (χ2n) is 6.18. The number of furan rings is 1. The lowest BCUT2D eigenvalue weighted by Crippen LogP contribution is -2.50. The molecular weight excluding hydrogens is 410 g/mol. The van der Waals surface area contributed by atoms with E-state index in [4.69, 9.17) is 4.42 Å². The predicted octanol–water partition coefficient (Wildman–Crippen LogP) is 3.31. The molecule has 3 rings (SSSR count). The van der Waals surface area contributed by atoms with E-state index in [-0.39, 0.29) is 17.4 Å². The maximum absolute atomic E-state index is 12.6. The minimum Gasteiger partial charge on any atom is -0.457 e. The third-order valence-corrected chi connectivity index (χ3v) is 4.93. The van der Waals surface area contributed by atoms with Crippen LogP contribution in [0.25, 0.3) is 17.4 Å². The van der Waals surface area contributed by atoms with Gasteiger partial charge in [0.05, 0.1) is 0 Å². The van der Waals surface area contributed by atoms with Crippen molar-refractivity contribution in [1.82, 2.24) is 9.80 Å². The fourth-order valence-electron chi connectivity index (χ4n) is 2.88. The van der Waals surface area contributed by atoms with Gasteiger partial charge in [-0.15, -0.1) is 0 Å². The van der Waals surface area contributed by atoms with E-state index in [2.05, 4.69) is 15.9 Å². The van der Waals surface area contributed by atoms with Crippen LogP contribution in [0.15, 0.2) is 50.9 Å². The molecule has 7 heteroatoms. The number of benzene rings is 1. The Kier molecular flexibility index (Phi) is 5.77. The SMILES string of the molecule is CC(=O)N1CCN(C(=O)/C(C#N)=C\c2ccc(-c3ccc(Br)cc3)o2)CC1. The maximum atomic E-state index is 12.6. The normalized spacial score (nSPS) is 14.8. The second kappa shape index (κ2) is 8.23. The van der Waals surface area contributed by atoms with Gasteiger partial charge in [-0.1, -0.05) is 28.1 Å². The molecule has 1 aromatic heterocycles. The molecule has 27 heavy (non-hydrogen) atoms. The maximum Gasteiger partial charge on any atom is 0.264 e. The van der Waals surface area contributed by atoms with E-state index in [1.54, 1.807) is 21.9 Å². The lowest BCUT2D eigenvalue weighted by atomic mass is 10.2. The van der Waals surface area contributed by atoms with Gasteiger partial charge in [0.1, 0.15) is 23.2 Å². The molecule has 2 heterocycles. The van der Waals surface area contributed by atoms with E-state index in [1.807, 2.05) is 30.3 Å². The Bertz CT molecular complexity index is 917. The van der Waals surface area contributed by atoms with Crippen LogP contribution in [0.2, 0.25) is 0 Å². The highest BCUT2D eigenvalue weighted by Gasteiger charge is 2.24. The zero-order valence-corrected chi connectivity index (χ0v) is 16.4. The molecule has 0 atom stereocenters. The summed E-state index contributed by atoms with van der Waals surface area (Å²) in [4.78, 5) is 27.3. The number of rotatable bonds is 3. The lowest BCUT2D eigenvalue weighted by molar-refractivity contribution is -0.135. The van der Waals surface area contributed by atoms with Crippen LogP contribution in [0, 0.1) is 11.3 Å². The molecule has 1 aliphatic heterocycles. The molecule has 0 unspecified atom stereocenters. The van der Waals surface area contributed by atoms with Crippen LogP contribution < -0.4 is 0 Å². The largest absolute Gasteiger partial charge is 0.457 e. The van der Waals surface area contributed by atoms with Crippen LogP contribution >= 0.6 is 15.9 Å². The number of carbonyl (C=O) groups is 2. The summed E-state index contributed by atoms with van der Waals surface area (Å²) in [6.45, 7) is 3.31. The fourth-order valence-corrected chi connectivity index (χ4v) is 3.14. The average molecular weight is 428 g/mol. The molecular formula is C20H18BrN3O3. The molecule has 1 aromatic carbocycles. The Morgan fingerprint density at radius 3 is 2.30 bits per heavy atom. The van der Waals surface area contributed by atoms with Gasteiger partial charge in [-0.05, 0) is 24.3 Å². The molecule has 0 spiro atoms. The molecule has 2 aromatic rings. The van der Waals surface area contributed by atoms with Crippen molar-refractivity contribution in [3.63, 3.8) is 0 Å².